The van der Waals surface area contributed by atoms with Crippen LogP contribution < -0.4 is 9.47 Å². The van der Waals surface area contributed by atoms with E-state index in [0.29, 0.717) is 18.1 Å². The van der Waals surface area contributed by atoms with Gasteiger partial charge in [-0.3, -0.25) is 0 Å². The Bertz CT molecular complexity index is 803. The summed E-state index contributed by atoms with van der Waals surface area (Å²) in [5, 5.41) is 10.0. The molecule has 0 fully saturated rings. The number of aliphatic hydroxyl groups excluding tert-OH is 1. The van der Waals surface area contributed by atoms with Crippen LogP contribution in [0.25, 0.3) is 0 Å². The third-order valence-corrected chi connectivity index (χ3v) is 4.81. The molecule has 1 N–H and O–H groups in total. The summed E-state index contributed by atoms with van der Waals surface area (Å²) in [7, 11) is 0. The van der Waals surface area contributed by atoms with Crippen molar-refractivity contribution in [3.63, 3.8) is 0 Å². The molecule has 0 unspecified atom stereocenters. The minimum absolute atomic E-state index is 0.00897. The number of rotatable bonds is 9. The fourth-order valence-electron chi connectivity index (χ4n) is 2.26. The van der Waals surface area contributed by atoms with Gasteiger partial charge in [0.15, 0.2) is 0 Å². The molecule has 9 heteroatoms. The van der Waals surface area contributed by atoms with Crippen molar-refractivity contribution in [1.82, 2.24) is 0 Å². The van der Waals surface area contributed by atoms with E-state index in [1.165, 1.54) is 23.9 Å². The molecular weight excluding hydrogens is 421 g/mol. The number of benzene rings is 2. The van der Waals surface area contributed by atoms with Crippen LogP contribution in [-0.2, 0) is 15.8 Å². The molecule has 0 saturated heterocycles. The Morgan fingerprint density at radius 2 is 1.73 bits per heavy atom. The van der Waals surface area contributed by atoms with E-state index in [1.54, 1.807) is 0 Å². The van der Waals surface area contributed by atoms with Crippen LogP contribution in [0.2, 0.25) is 0 Å². The first-order valence-electron chi connectivity index (χ1n) is 9.04. The molecular formula is C21H23F3O5S. The highest BCUT2D eigenvalue weighted by Gasteiger charge is 2.30. The summed E-state index contributed by atoms with van der Waals surface area (Å²) in [6.45, 7) is 4.70. The Labute approximate surface area is 177 Å². The number of halogens is 3. The van der Waals surface area contributed by atoms with E-state index in [9.17, 15) is 18.3 Å². The van der Waals surface area contributed by atoms with E-state index >= 15 is 0 Å². The molecule has 2 aromatic rings. The molecule has 0 radical (unpaired) electrons. The zero-order valence-electron chi connectivity index (χ0n) is 16.6. The minimum Gasteiger partial charge on any atom is -0.493 e. The summed E-state index contributed by atoms with van der Waals surface area (Å²) in [5.41, 5.74) is 0.302. The molecule has 0 saturated carbocycles. The molecule has 164 valence electrons. The van der Waals surface area contributed by atoms with Crippen molar-refractivity contribution in [2.75, 3.05) is 19.0 Å². The average Bonchev–Trinajstić information content (AvgIpc) is 2.70. The molecule has 0 bridgehead atoms. The van der Waals surface area contributed by atoms with Crippen molar-refractivity contribution in [2.45, 2.75) is 37.4 Å². The summed E-state index contributed by atoms with van der Waals surface area (Å²) in [4.78, 5) is 17.3. The van der Waals surface area contributed by atoms with Crippen LogP contribution in [0, 0.1) is 6.92 Å². The number of aliphatic hydroxyl groups is 1. The van der Waals surface area contributed by atoms with Gasteiger partial charge in [-0.1, -0.05) is 6.92 Å². The molecule has 0 aliphatic carbocycles. The summed E-state index contributed by atoms with van der Waals surface area (Å²) in [5.74, 6) is 1.56. The first-order chi connectivity index (χ1) is 14.2. The summed E-state index contributed by atoms with van der Waals surface area (Å²) >= 11 is 1.48. The van der Waals surface area contributed by atoms with Crippen molar-refractivity contribution < 1.29 is 37.3 Å². The maximum absolute atomic E-state index is 12.5. The minimum atomic E-state index is -4.37. The van der Waals surface area contributed by atoms with Gasteiger partial charge < -0.3 is 14.6 Å². The van der Waals surface area contributed by atoms with Crippen LogP contribution in [0.15, 0.2) is 47.4 Å². The van der Waals surface area contributed by atoms with Gasteiger partial charge in [0.25, 0.3) is 0 Å². The van der Waals surface area contributed by atoms with Crippen LogP contribution >= 0.6 is 11.8 Å². The Balaban J connectivity index is 0.00000141. The molecule has 5 nitrogen and oxygen atoms in total. The maximum atomic E-state index is 12.5. The molecule has 0 aliphatic rings. The van der Waals surface area contributed by atoms with E-state index in [4.69, 9.17) is 19.1 Å². The molecule has 0 aliphatic heterocycles. The monoisotopic (exact) mass is 444 g/mol. The number of thioether (sulfide) groups is 1. The Morgan fingerprint density at radius 3 is 2.27 bits per heavy atom. The molecule has 0 amide bonds. The second-order valence-electron chi connectivity index (χ2n) is 6.16. The van der Waals surface area contributed by atoms with Crippen molar-refractivity contribution in [3.05, 3.63) is 53.6 Å². The van der Waals surface area contributed by atoms with E-state index in [2.05, 4.69) is 0 Å². The van der Waals surface area contributed by atoms with Gasteiger partial charge in [0.2, 0.25) is 0 Å². The van der Waals surface area contributed by atoms with Crippen molar-refractivity contribution in [3.8, 4) is 11.5 Å². The molecule has 0 spiro atoms. The number of hydrogen-bond donors (Lipinski definition) is 1. The zero-order chi connectivity index (χ0) is 22.6. The lowest BCUT2D eigenvalue weighted by Crippen LogP contribution is -2.20. The van der Waals surface area contributed by atoms with Gasteiger partial charge in [-0.05, 0) is 61.4 Å². The lowest BCUT2D eigenvalue weighted by molar-refractivity contribution is -0.191. The highest BCUT2D eigenvalue weighted by Crippen LogP contribution is 2.30. The standard InChI is InChI=1S/C20H23F3O3S.CO2/c1-3-10-25-19-9-8-18(11-14(19)2)27-13-16(24)12-26-17-6-4-15(5-7-17)20(21,22)23;2-1-3/h4-9,11,16,24H,3,10,12-13H2,1-2H3;/t16-;/m0./s1. The lowest BCUT2D eigenvalue weighted by Gasteiger charge is -2.14. The predicted octanol–water partition coefficient (Wildman–Crippen LogP) is 4.75. The normalized spacial score (nSPS) is 11.7. The first-order valence-corrected chi connectivity index (χ1v) is 10.0. The Morgan fingerprint density at radius 1 is 1.10 bits per heavy atom. The smallest absolute Gasteiger partial charge is 0.416 e. The average molecular weight is 444 g/mol. The highest BCUT2D eigenvalue weighted by atomic mass is 32.2. The van der Waals surface area contributed by atoms with Crippen molar-refractivity contribution in [1.29, 1.82) is 0 Å². The molecule has 30 heavy (non-hydrogen) atoms. The number of alkyl halides is 3. The second kappa shape index (κ2) is 13.0. The summed E-state index contributed by atoms with van der Waals surface area (Å²) in [6, 6.07) is 10.3. The van der Waals surface area contributed by atoms with Crippen LogP contribution in [0.4, 0.5) is 13.2 Å². The van der Waals surface area contributed by atoms with Gasteiger partial charge in [0, 0.05) is 10.6 Å². The molecule has 0 aromatic heterocycles. The van der Waals surface area contributed by atoms with Crippen LogP contribution in [0.3, 0.4) is 0 Å². The first kappa shape index (κ1) is 25.6. The maximum Gasteiger partial charge on any atom is 0.416 e. The predicted molar refractivity (Wildman–Crippen MR) is 106 cm³/mol. The lowest BCUT2D eigenvalue weighted by atomic mass is 10.2. The topological polar surface area (TPSA) is 72.8 Å². The van der Waals surface area contributed by atoms with E-state index < -0.39 is 17.8 Å². The van der Waals surface area contributed by atoms with E-state index in [1.807, 2.05) is 32.0 Å². The zero-order valence-corrected chi connectivity index (χ0v) is 17.4. The Kier molecular flexibility index (Phi) is 11.0. The third-order valence-electron chi connectivity index (χ3n) is 3.67. The van der Waals surface area contributed by atoms with Crippen molar-refractivity contribution in [2.24, 2.45) is 0 Å². The van der Waals surface area contributed by atoms with Gasteiger partial charge in [0.1, 0.15) is 18.1 Å². The molecule has 2 aromatic carbocycles. The number of ether oxygens (including phenoxy) is 2. The fourth-order valence-corrected chi connectivity index (χ4v) is 3.16. The van der Waals surface area contributed by atoms with Gasteiger partial charge in [-0.15, -0.1) is 11.8 Å². The van der Waals surface area contributed by atoms with Gasteiger partial charge in [0.05, 0.1) is 18.3 Å². The van der Waals surface area contributed by atoms with E-state index in [0.717, 1.165) is 34.8 Å². The molecule has 0 heterocycles. The second-order valence-corrected chi connectivity index (χ2v) is 7.25. The largest absolute Gasteiger partial charge is 0.493 e. The van der Waals surface area contributed by atoms with E-state index in [-0.39, 0.29) is 12.8 Å². The Hall–Kier alpha value is -2.48. The van der Waals surface area contributed by atoms with Gasteiger partial charge >= 0.3 is 12.3 Å². The summed E-state index contributed by atoms with van der Waals surface area (Å²) < 4.78 is 48.5. The highest BCUT2D eigenvalue weighted by molar-refractivity contribution is 7.99. The van der Waals surface area contributed by atoms with Gasteiger partial charge in [-0.2, -0.15) is 22.8 Å². The van der Waals surface area contributed by atoms with Gasteiger partial charge in [-0.25, -0.2) is 0 Å². The quantitative estimate of drug-likeness (QED) is 0.563. The number of carbonyl (C=O) groups excluding carboxylic acids is 2. The molecule has 2 rings (SSSR count). The third kappa shape index (κ3) is 9.35. The number of aryl methyl sites for hydroxylation is 1. The van der Waals surface area contributed by atoms with Crippen LogP contribution in [-0.4, -0.2) is 36.3 Å². The fraction of sp³-hybridized carbons (Fsp3) is 0.381. The van der Waals surface area contributed by atoms with Crippen LogP contribution in [0.5, 0.6) is 11.5 Å². The van der Waals surface area contributed by atoms with Crippen LogP contribution in [0.1, 0.15) is 24.5 Å². The number of hydrogen-bond acceptors (Lipinski definition) is 6. The van der Waals surface area contributed by atoms with Crippen molar-refractivity contribution >= 4 is 17.9 Å². The molecule has 1 atom stereocenters. The summed E-state index contributed by atoms with van der Waals surface area (Å²) in [6.07, 6.45) is -3.92. The SMILES string of the molecule is CCCOc1ccc(SC[C@@H](O)COc2ccc(C(F)(F)F)cc2)cc1C.O=C=O.